The minimum absolute atomic E-state index is 0.0911. The van der Waals surface area contributed by atoms with Crippen molar-refractivity contribution in [3.8, 4) is 5.69 Å². The topological polar surface area (TPSA) is 92.6 Å². The molecule has 8 nitrogen and oxygen atoms in total. The molecule has 0 radical (unpaired) electrons. The summed E-state index contributed by atoms with van der Waals surface area (Å²) in [5.74, 6) is 0.898. The Morgan fingerprint density at radius 1 is 1.10 bits per heavy atom. The normalized spacial score (nSPS) is 15.8. The van der Waals surface area contributed by atoms with Crippen LogP contribution in [0.25, 0.3) is 5.69 Å². The molecule has 4 heterocycles. The zero-order chi connectivity index (χ0) is 20.0. The highest BCUT2D eigenvalue weighted by Gasteiger charge is 2.32. The number of nitrogen functional groups attached to an aromatic ring is 1. The van der Waals surface area contributed by atoms with Gasteiger partial charge in [0.1, 0.15) is 5.82 Å². The van der Waals surface area contributed by atoms with Crippen LogP contribution in [0.2, 0.25) is 0 Å². The molecule has 146 valence electrons. The summed E-state index contributed by atoms with van der Waals surface area (Å²) in [5.41, 5.74) is 9.97. The van der Waals surface area contributed by atoms with E-state index < -0.39 is 0 Å². The van der Waals surface area contributed by atoms with Crippen molar-refractivity contribution in [3.63, 3.8) is 0 Å². The molecule has 2 aliphatic heterocycles. The summed E-state index contributed by atoms with van der Waals surface area (Å²) in [6, 6.07) is 9.32. The van der Waals surface area contributed by atoms with Crippen LogP contribution in [0.5, 0.6) is 0 Å². The van der Waals surface area contributed by atoms with Crippen molar-refractivity contribution < 1.29 is 4.79 Å². The minimum Gasteiger partial charge on any atom is -0.397 e. The summed E-state index contributed by atoms with van der Waals surface area (Å²) in [6.45, 7) is 6.01. The highest BCUT2D eigenvalue weighted by atomic mass is 16.2. The lowest BCUT2D eigenvalue weighted by Gasteiger charge is -2.17. The minimum atomic E-state index is -0.0911. The second kappa shape index (κ2) is 6.73. The van der Waals surface area contributed by atoms with Gasteiger partial charge in [0.25, 0.3) is 5.91 Å². The number of hydrogen-bond acceptors (Lipinski definition) is 6. The molecule has 0 aliphatic carbocycles. The molecule has 1 fully saturated rings. The Morgan fingerprint density at radius 2 is 1.90 bits per heavy atom. The van der Waals surface area contributed by atoms with E-state index in [4.69, 9.17) is 5.73 Å². The number of carbonyl (C=O) groups is 1. The van der Waals surface area contributed by atoms with Crippen LogP contribution in [-0.4, -0.2) is 40.5 Å². The molecule has 2 aromatic heterocycles. The zero-order valence-electron chi connectivity index (χ0n) is 16.0. The number of carbonyl (C=O) groups excluding carboxylic acids is 1. The predicted octanol–water partition coefficient (Wildman–Crippen LogP) is 2.94. The Kier molecular flexibility index (Phi) is 4.04. The molecule has 0 atom stereocenters. The van der Waals surface area contributed by atoms with Gasteiger partial charge in [0.2, 0.25) is 0 Å². The average Bonchev–Trinajstić information content (AvgIpc) is 3.46. The molecular formula is C21H21N7O. The molecule has 1 saturated heterocycles. The third-order valence-electron chi connectivity index (χ3n) is 5.49. The molecule has 0 unspecified atom stereocenters. The number of rotatable bonds is 4. The van der Waals surface area contributed by atoms with Gasteiger partial charge in [-0.3, -0.25) is 9.79 Å². The fraction of sp³-hybridized carbons (Fsp3) is 0.238. The number of benzene rings is 1. The first-order chi connectivity index (χ1) is 14.1. The van der Waals surface area contributed by atoms with E-state index in [0.717, 1.165) is 36.0 Å². The maximum atomic E-state index is 12.9. The summed E-state index contributed by atoms with van der Waals surface area (Å²) in [6.07, 6.45) is 6.01. The summed E-state index contributed by atoms with van der Waals surface area (Å²) in [5, 5.41) is 4.61. The number of amides is 1. The van der Waals surface area contributed by atoms with Crippen LogP contribution in [0.1, 0.15) is 28.9 Å². The summed E-state index contributed by atoms with van der Waals surface area (Å²) < 4.78 is 1.72. The fourth-order valence-corrected chi connectivity index (χ4v) is 3.91. The molecule has 0 bridgehead atoms. The second-order valence-electron chi connectivity index (χ2n) is 7.30. The highest BCUT2D eigenvalue weighted by Crippen LogP contribution is 2.32. The summed E-state index contributed by atoms with van der Waals surface area (Å²) in [4.78, 5) is 25.3. The van der Waals surface area contributed by atoms with Crippen LogP contribution in [0.15, 0.2) is 47.7 Å². The molecule has 1 amide bonds. The van der Waals surface area contributed by atoms with Crippen LogP contribution < -0.4 is 15.5 Å². The second-order valence-corrected chi connectivity index (χ2v) is 7.30. The van der Waals surface area contributed by atoms with Crippen molar-refractivity contribution in [2.45, 2.75) is 19.4 Å². The lowest BCUT2D eigenvalue weighted by atomic mass is 10.2. The highest BCUT2D eigenvalue weighted by molar-refractivity contribution is 6.09. The van der Waals surface area contributed by atoms with Gasteiger partial charge in [-0.25, -0.2) is 9.67 Å². The van der Waals surface area contributed by atoms with E-state index in [-0.39, 0.29) is 5.91 Å². The number of fused-ring (bicyclic) bond motifs is 1. The smallest absolute Gasteiger partial charge is 0.262 e. The Labute approximate surface area is 168 Å². The number of aromatic nitrogens is 3. The SMILES string of the molecule is C=Nc1ccc(N2Cc3nn(-c4ccc(N5CCCC5)nc4)cc3C2=O)cc1N. The first-order valence-electron chi connectivity index (χ1n) is 9.62. The molecule has 2 N–H and O–H groups in total. The Bertz CT molecular complexity index is 1100. The zero-order valence-corrected chi connectivity index (χ0v) is 16.0. The predicted molar refractivity (Wildman–Crippen MR) is 113 cm³/mol. The van der Waals surface area contributed by atoms with Crippen molar-refractivity contribution in [1.29, 1.82) is 0 Å². The molecular weight excluding hydrogens is 366 g/mol. The van der Waals surface area contributed by atoms with Gasteiger partial charge in [-0.1, -0.05) is 0 Å². The maximum Gasteiger partial charge on any atom is 0.262 e. The van der Waals surface area contributed by atoms with E-state index in [1.165, 1.54) is 12.8 Å². The van der Waals surface area contributed by atoms with Gasteiger partial charge in [0, 0.05) is 25.0 Å². The van der Waals surface area contributed by atoms with Crippen LogP contribution >= 0.6 is 0 Å². The molecule has 8 heteroatoms. The van der Waals surface area contributed by atoms with Gasteiger partial charge in [-0.2, -0.15) is 5.10 Å². The molecule has 1 aromatic carbocycles. The van der Waals surface area contributed by atoms with Crippen LogP contribution in [0, 0.1) is 0 Å². The van der Waals surface area contributed by atoms with E-state index in [2.05, 4.69) is 26.7 Å². The molecule has 3 aromatic rings. The number of pyridine rings is 1. The van der Waals surface area contributed by atoms with Crippen LogP contribution in [0.3, 0.4) is 0 Å². The lowest BCUT2D eigenvalue weighted by molar-refractivity contribution is 0.0996. The molecule has 5 rings (SSSR count). The molecule has 0 spiro atoms. The van der Waals surface area contributed by atoms with Gasteiger partial charge in [-0.15, -0.1) is 0 Å². The number of anilines is 3. The molecule has 2 aliphatic rings. The largest absolute Gasteiger partial charge is 0.397 e. The summed E-state index contributed by atoms with van der Waals surface area (Å²) >= 11 is 0. The van der Waals surface area contributed by atoms with Gasteiger partial charge in [-0.05, 0) is 49.9 Å². The van der Waals surface area contributed by atoms with E-state index in [0.29, 0.717) is 23.5 Å². The van der Waals surface area contributed by atoms with E-state index in [9.17, 15) is 4.79 Å². The van der Waals surface area contributed by atoms with Crippen molar-refractivity contribution in [2.75, 3.05) is 28.6 Å². The van der Waals surface area contributed by atoms with E-state index in [1.54, 1.807) is 34.1 Å². The number of nitrogens with two attached hydrogens (primary N) is 1. The lowest BCUT2D eigenvalue weighted by Crippen LogP contribution is -2.24. The fourth-order valence-electron chi connectivity index (χ4n) is 3.91. The first-order valence-corrected chi connectivity index (χ1v) is 9.62. The number of hydrogen-bond donors (Lipinski definition) is 1. The van der Waals surface area contributed by atoms with Gasteiger partial charge in [0.05, 0.1) is 41.1 Å². The van der Waals surface area contributed by atoms with Gasteiger partial charge < -0.3 is 15.5 Å². The monoisotopic (exact) mass is 387 g/mol. The van der Waals surface area contributed by atoms with Crippen LogP contribution in [0.4, 0.5) is 22.9 Å². The summed E-state index contributed by atoms with van der Waals surface area (Å²) in [7, 11) is 0. The third-order valence-corrected chi connectivity index (χ3v) is 5.49. The van der Waals surface area contributed by atoms with Gasteiger partial charge in [0.15, 0.2) is 0 Å². The van der Waals surface area contributed by atoms with Crippen LogP contribution in [-0.2, 0) is 6.54 Å². The van der Waals surface area contributed by atoms with Crippen molar-refractivity contribution >= 4 is 35.5 Å². The average molecular weight is 387 g/mol. The van der Waals surface area contributed by atoms with Gasteiger partial charge >= 0.3 is 0 Å². The van der Waals surface area contributed by atoms with E-state index >= 15 is 0 Å². The molecule has 0 saturated carbocycles. The maximum absolute atomic E-state index is 12.9. The molecule has 29 heavy (non-hydrogen) atoms. The van der Waals surface area contributed by atoms with Crippen molar-refractivity contribution in [3.05, 3.63) is 54.0 Å². The van der Waals surface area contributed by atoms with E-state index in [1.807, 2.05) is 18.2 Å². The Balaban J connectivity index is 1.38. The quantitative estimate of drug-likeness (QED) is 0.549. The Hall–Kier alpha value is -3.68. The van der Waals surface area contributed by atoms with Crippen molar-refractivity contribution in [2.24, 2.45) is 4.99 Å². The Morgan fingerprint density at radius 3 is 2.55 bits per heavy atom. The number of nitrogens with zero attached hydrogens (tertiary/aromatic N) is 6. The third kappa shape index (κ3) is 2.93. The number of aliphatic imine (C=N–C) groups is 1. The standard InChI is InChI=1S/C21H21N7O/c1-23-18-6-4-14(10-17(18)22)27-13-19-16(21(27)29)12-28(25-19)15-5-7-20(24-11-15)26-8-2-3-9-26/h4-7,10-12H,1-3,8-9,13,22H2. The van der Waals surface area contributed by atoms with Crippen molar-refractivity contribution in [1.82, 2.24) is 14.8 Å². The first kappa shape index (κ1) is 17.4.